The number of hydrogen-bond acceptors (Lipinski definition) is 3. The molecule has 2 aliphatic rings. The number of carbonyl (C=O) groups is 2. The maximum atomic E-state index is 12.7. The van der Waals surface area contributed by atoms with Crippen LogP contribution in [0.5, 0.6) is 0 Å². The second-order valence-corrected chi connectivity index (χ2v) is 9.62. The van der Waals surface area contributed by atoms with Crippen molar-refractivity contribution in [3.63, 3.8) is 0 Å². The normalized spacial score (nSPS) is 19.9. The molecule has 0 radical (unpaired) electrons. The molecule has 1 aromatic carbocycles. The molecular weight excluding hydrogens is 394 g/mol. The van der Waals surface area contributed by atoms with Gasteiger partial charge >= 0.3 is 6.03 Å². The Kier molecular flexibility index (Phi) is 7.91. The van der Waals surface area contributed by atoms with E-state index in [2.05, 4.69) is 10.6 Å². The number of piperidine rings is 1. The maximum Gasteiger partial charge on any atom is 0.315 e. The minimum absolute atomic E-state index is 0.0525. The van der Waals surface area contributed by atoms with Crippen LogP contribution in [-0.4, -0.2) is 47.3 Å². The number of nitrogens with one attached hydrogen (secondary N) is 2. The Morgan fingerprint density at radius 3 is 2.18 bits per heavy atom. The molecule has 1 heterocycles. The zero-order valence-electron chi connectivity index (χ0n) is 16.5. The molecule has 2 N–H and O–H groups in total. The highest BCUT2D eigenvalue weighted by atomic mass is 35.5. The maximum absolute atomic E-state index is 12.7. The molecule has 1 aromatic rings. The highest BCUT2D eigenvalue weighted by molar-refractivity contribution is 8.00. The zero-order chi connectivity index (χ0) is 19.9. The predicted molar refractivity (Wildman–Crippen MR) is 115 cm³/mol. The van der Waals surface area contributed by atoms with E-state index in [1.54, 1.807) is 11.8 Å². The Labute approximate surface area is 177 Å². The summed E-state index contributed by atoms with van der Waals surface area (Å²) in [5.74, 6) is 0.157. The van der Waals surface area contributed by atoms with E-state index in [4.69, 9.17) is 11.6 Å². The standard InChI is InChI=1S/C21H30ClN3O2S/c1-15(28-19-9-7-16(22)8-10-19)20(26)25-13-11-18(12-14-25)24-21(27)23-17-5-3-2-4-6-17/h7-10,15,17-18H,2-6,11-14H2,1H3,(H2,23,24,27). The van der Waals surface area contributed by atoms with Crippen molar-refractivity contribution in [1.82, 2.24) is 15.5 Å². The minimum atomic E-state index is -0.139. The van der Waals surface area contributed by atoms with Crippen molar-refractivity contribution in [2.24, 2.45) is 0 Å². The molecule has 1 aliphatic carbocycles. The summed E-state index contributed by atoms with van der Waals surface area (Å²) >= 11 is 7.47. The predicted octanol–water partition coefficient (Wildman–Crippen LogP) is 4.44. The highest BCUT2D eigenvalue weighted by Gasteiger charge is 2.27. The van der Waals surface area contributed by atoms with Gasteiger partial charge in [0.15, 0.2) is 0 Å². The molecule has 7 heteroatoms. The van der Waals surface area contributed by atoms with E-state index in [9.17, 15) is 9.59 Å². The summed E-state index contributed by atoms with van der Waals surface area (Å²) in [6, 6.07) is 7.99. The Hall–Kier alpha value is -1.40. The third-order valence-corrected chi connectivity index (χ3v) is 6.91. The van der Waals surface area contributed by atoms with Gasteiger partial charge in [-0.1, -0.05) is 30.9 Å². The largest absolute Gasteiger partial charge is 0.342 e. The third-order valence-electron chi connectivity index (χ3n) is 5.56. The van der Waals surface area contributed by atoms with Crippen molar-refractivity contribution >= 4 is 35.3 Å². The molecule has 1 aliphatic heterocycles. The number of benzene rings is 1. The lowest BCUT2D eigenvalue weighted by molar-refractivity contribution is -0.131. The fourth-order valence-corrected chi connectivity index (χ4v) is 5.01. The topological polar surface area (TPSA) is 61.4 Å². The Morgan fingerprint density at radius 1 is 1.00 bits per heavy atom. The van der Waals surface area contributed by atoms with Gasteiger partial charge in [-0.3, -0.25) is 4.79 Å². The molecule has 1 saturated heterocycles. The molecule has 1 atom stereocenters. The Bertz CT molecular complexity index is 656. The molecule has 3 rings (SSSR count). The lowest BCUT2D eigenvalue weighted by Crippen LogP contribution is -2.51. The summed E-state index contributed by atoms with van der Waals surface area (Å²) in [6.07, 6.45) is 7.48. The summed E-state index contributed by atoms with van der Waals surface area (Å²) in [7, 11) is 0. The van der Waals surface area contributed by atoms with Crippen molar-refractivity contribution in [1.29, 1.82) is 0 Å². The zero-order valence-corrected chi connectivity index (χ0v) is 18.0. The van der Waals surface area contributed by atoms with Crippen molar-refractivity contribution < 1.29 is 9.59 Å². The smallest absolute Gasteiger partial charge is 0.315 e. The van der Waals surface area contributed by atoms with Crippen LogP contribution in [0.3, 0.4) is 0 Å². The number of nitrogens with zero attached hydrogens (tertiary/aromatic N) is 1. The summed E-state index contributed by atoms with van der Waals surface area (Å²) in [5, 5.41) is 6.76. The summed E-state index contributed by atoms with van der Waals surface area (Å²) in [5.41, 5.74) is 0. The lowest BCUT2D eigenvalue weighted by atomic mass is 9.96. The SMILES string of the molecule is CC(Sc1ccc(Cl)cc1)C(=O)N1CCC(NC(=O)NC2CCCCC2)CC1. The van der Waals surface area contributed by atoms with E-state index in [1.165, 1.54) is 19.3 Å². The Balaban J connectivity index is 1.39. The number of urea groups is 1. The molecule has 2 fully saturated rings. The van der Waals surface area contributed by atoms with Gasteiger partial charge in [-0.2, -0.15) is 0 Å². The molecule has 3 amide bonds. The van der Waals surface area contributed by atoms with Crippen LogP contribution in [0.4, 0.5) is 4.79 Å². The van der Waals surface area contributed by atoms with Crippen molar-refractivity contribution in [2.45, 2.75) is 74.1 Å². The summed E-state index contributed by atoms with van der Waals surface area (Å²) in [4.78, 5) is 27.9. The van der Waals surface area contributed by atoms with Gasteiger partial charge in [0.2, 0.25) is 5.91 Å². The monoisotopic (exact) mass is 423 g/mol. The average Bonchev–Trinajstić information content (AvgIpc) is 2.70. The first-order valence-electron chi connectivity index (χ1n) is 10.3. The van der Waals surface area contributed by atoms with Gasteiger partial charge in [-0.05, 0) is 56.9 Å². The fraction of sp³-hybridized carbons (Fsp3) is 0.619. The van der Waals surface area contributed by atoms with Gasteiger partial charge in [0.25, 0.3) is 0 Å². The fourth-order valence-electron chi connectivity index (χ4n) is 3.93. The minimum Gasteiger partial charge on any atom is -0.342 e. The molecule has 0 spiro atoms. The van der Waals surface area contributed by atoms with Crippen LogP contribution in [-0.2, 0) is 4.79 Å². The Morgan fingerprint density at radius 2 is 1.57 bits per heavy atom. The van der Waals surface area contributed by atoms with Gasteiger partial charge in [-0.15, -0.1) is 11.8 Å². The van der Waals surface area contributed by atoms with Gasteiger partial charge in [0, 0.05) is 35.1 Å². The summed E-state index contributed by atoms with van der Waals surface area (Å²) < 4.78 is 0. The third kappa shape index (κ3) is 6.31. The van der Waals surface area contributed by atoms with Crippen LogP contribution < -0.4 is 10.6 Å². The van der Waals surface area contributed by atoms with Crippen LogP contribution in [0, 0.1) is 0 Å². The molecule has 154 valence electrons. The van der Waals surface area contributed by atoms with Gasteiger partial charge in [-0.25, -0.2) is 4.79 Å². The van der Waals surface area contributed by atoms with Crippen LogP contribution in [0.15, 0.2) is 29.2 Å². The second-order valence-electron chi connectivity index (χ2n) is 7.77. The van der Waals surface area contributed by atoms with E-state index < -0.39 is 0 Å². The van der Waals surface area contributed by atoms with Gasteiger partial charge in [0.1, 0.15) is 0 Å². The lowest BCUT2D eigenvalue weighted by Gasteiger charge is -2.34. The molecule has 1 saturated carbocycles. The number of halogens is 1. The van der Waals surface area contributed by atoms with Gasteiger partial charge < -0.3 is 15.5 Å². The van der Waals surface area contributed by atoms with Crippen LogP contribution in [0.25, 0.3) is 0 Å². The number of thioether (sulfide) groups is 1. The molecule has 28 heavy (non-hydrogen) atoms. The second kappa shape index (κ2) is 10.4. The van der Waals surface area contributed by atoms with Crippen molar-refractivity contribution in [2.75, 3.05) is 13.1 Å². The number of hydrogen-bond donors (Lipinski definition) is 2. The molecule has 0 aromatic heterocycles. The van der Waals surface area contributed by atoms with E-state index in [0.717, 1.165) is 30.6 Å². The highest BCUT2D eigenvalue weighted by Crippen LogP contribution is 2.26. The molecule has 0 bridgehead atoms. The molecular formula is C21H30ClN3O2S. The first-order valence-corrected chi connectivity index (χ1v) is 11.5. The van der Waals surface area contributed by atoms with Crippen LogP contribution in [0.2, 0.25) is 5.02 Å². The first-order chi connectivity index (χ1) is 13.5. The number of carbonyl (C=O) groups excluding carboxylic acids is 2. The van der Waals surface area contributed by atoms with E-state index in [-0.39, 0.29) is 23.2 Å². The quantitative estimate of drug-likeness (QED) is 0.688. The summed E-state index contributed by atoms with van der Waals surface area (Å²) in [6.45, 7) is 3.33. The number of rotatable bonds is 5. The average molecular weight is 424 g/mol. The van der Waals surface area contributed by atoms with Crippen LogP contribution in [0.1, 0.15) is 51.9 Å². The number of amides is 3. The number of likely N-dealkylation sites (tertiary alicyclic amines) is 1. The molecule has 1 unspecified atom stereocenters. The van der Waals surface area contributed by atoms with E-state index >= 15 is 0 Å². The first kappa shape index (κ1) is 21.3. The van der Waals surface area contributed by atoms with Crippen molar-refractivity contribution in [3.8, 4) is 0 Å². The van der Waals surface area contributed by atoms with E-state index in [0.29, 0.717) is 24.2 Å². The molecule has 5 nitrogen and oxygen atoms in total. The van der Waals surface area contributed by atoms with Gasteiger partial charge in [0.05, 0.1) is 5.25 Å². The van der Waals surface area contributed by atoms with Crippen LogP contribution >= 0.6 is 23.4 Å². The van der Waals surface area contributed by atoms with E-state index in [1.807, 2.05) is 36.1 Å². The van der Waals surface area contributed by atoms with Crippen molar-refractivity contribution in [3.05, 3.63) is 29.3 Å².